The summed E-state index contributed by atoms with van der Waals surface area (Å²) in [4.78, 5) is 0. The Labute approximate surface area is 255 Å². The van der Waals surface area contributed by atoms with Crippen molar-refractivity contribution in [3.63, 3.8) is 0 Å². The Balaban J connectivity index is 1.27. The second-order valence-corrected chi connectivity index (χ2v) is 11.3. The number of benzene rings is 4. The Hall–Kier alpha value is -4.08. The van der Waals surface area contributed by atoms with Crippen molar-refractivity contribution in [1.82, 2.24) is 0 Å². The quantitative estimate of drug-likeness (QED) is 0.171. The van der Waals surface area contributed by atoms with Crippen molar-refractivity contribution in [2.24, 2.45) is 5.92 Å². The van der Waals surface area contributed by atoms with Gasteiger partial charge in [0.2, 0.25) is 0 Å². The average Bonchev–Trinajstić information content (AvgIpc) is 2.97. The maximum atomic E-state index is 15.1. The molecule has 4 aromatic rings. The molecule has 0 saturated heterocycles. The lowest BCUT2D eigenvalue weighted by molar-refractivity contribution is -0.274. The van der Waals surface area contributed by atoms with Crippen molar-refractivity contribution in [2.45, 2.75) is 64.3 Å². The third kappa shape index (κ3) is 7.78. The van der Waals surface area contributed by atoms with Gasteiger partial charge in [-0.1, -0.05) is 44.0 Å². The first-order valence-electron chi connectivity index (χ1n) is 14.7. The molecule has 1 aliphatic carbocycles. The van der Waals surface area contributed by atoms with Gasteiger partial charge in [-0.3, -0.25) is 0 Å². The highest BCUT2D eigenvalue weighted by molar-refractivity contribution is 5.67. The van der Waals surface area contributed by atoms with Crippen LogP contribution in [0.15, 0.2) is 66.7 Å². The van der Waals surface area contributed by atoms with Crippen molar-refractivity contribution in [1.29, 1.82) is 0 Å². The van der Waals surface area contributed by atoms with E-state index in [0.717, 1.165) is 86.2 Å². The minimum absolute atomic E-state index is 0.0267. The largest absolute Gasteiger partial charge is 0.573 e. The minimum Gasteiger partial charge on any atom is -0.483 e. The highest BCUT2D eigenvalue weighted by Crippen LogP contribution is 2.39. The summed E-state index contributed by atoms with van der Waals surface area (Å²) >= 11 is 0. The molecule has 2 nitrogen and oxygen atoms in total. The van der Waals surface area contributed by atoms with E-state index in [1.807, 2.05) is 0 Å². The van der Waals surface area contributed by atoms with Crippen molar-refractivity contribution in [3.8, 4) is 33.8 Å². The fourth-order valence-corrected chi connectivity index (χ4v) is 6.03. The van der Waals surface area contributed by atoms with Crippen molar-refractivity contribution in [3.05, 3.63) is 107 Å². The predicted molar refractivity (Wildman–Crippen MR) is 154 cm³/mol. The first-order valence-corrected chi connectivity index (χ1v) is 14.7. The molecule has 1 saturated carbocycles. The number of rotatable bonds is 9. The van der Waals surface area contributed by atoms with E-state index >= 15 is 4.39 Å². The molecule has 1 aliphatic rings. The average molecular weight is 635 g/mol. The van der Waals surface area contributed by atoms with Crippen LogP contribution >= 0.6 is 0 Å². The molecule has 0 radical (unpaired) electrons. The number of ether oxygens (including phenoxy) is 2. The topological polar surface area (TPSA) is 18.5 Å². The van der Waals surface area contributed by atoms with E-state index in [-0.39, 0.29) is 28.2 Å². The SMILES string of the molecule is CCCC1CCC(c2ccc(-c3cc(F)c(OCc4cc(F)c(-c5ccc(OC(F)(F)F)cc5)c(F)c4)c(F)c3)c(F)c2)CC1. The molecule has 10 heteroatoms. The molecule has 0 atom stereocenters. The standard InChI is InChI=1S/C35H30F8O2/c1-2-3-20-4-6-22(7-5-20)24-10-13-27(28(36)16-24)25-17-31(39)34(32(40)18-25)44-19-21-14-29(37)33(30(38)15-21)23-8-11-26(12-9-23)45-35(41,42)43/h8-18,20,22H,2-7,19H2,1H3. The van der Waals surface area contributed by atoms with Gasteiger partial charge in [0.05, 0.1) is 5.56 Å². The zero-order valence-electron chi connectivity index (χ0n) is 24.3. The van der Waals surface area contributed by atoms with E-state index in [1.165, 1.54) is 18.6 Å². The van der Waals surface area contributed by atoms with Crippen LogP contribution in [0.5, 0.6) is 11.5 Å². The van der Waals surface area contributed by atoms with Gasteiger partial charge in [-0.2, -0.15) is 0 Å². The van der Waals surface area contributed by atoms with E-state index in [2.05, 4.69) is 11.7 Å². The summed E-state index contributed by atoms with van der Waals surface area (Å²) in [6, 6.07) is 12.3. The van der Waals surface area contributed by atoms with Gasteiger partial charge >= 0.3 is 6.36 Å². The number of halogens is 8. The van der Waals surface area contributed by atoms with Gasteiger partial charge in [0.25, 0.3) is 0 Å². The maximum Gasteiger partial charge on any atom is 0.573 e. The molecule has 0 bridgehead atoms. The summed E-state index contributed by atoms with van der Waals surface area (Å²) < 4.78 is 121. The van der Waals surface area contributed by atoms with Gasteiger partial charge in [0.15, 0.2) is 17.4 Å². The number of hydrogen-bond acceptors (Lipinski definition) is 2. The van der Waals surface area contributed by atoms with Gasteiger partial charge < -0.3 is 9.47 Å². The fourth-order valence-electron chi connectivity index (χ4n) is 6.03. The molecule has 238 valence electrons. The Bertz CT molecular complexity index is 1590. The van der Waals surface area contributed by atoms with Crippen molar-refractivity contribution in [2.75, 3.05) is 0 Å². The zero-order chi connectivity index (χ0) is 32.3. The Morgan fingerprint density at radius 1 is 0.689 bits per heavy atom. The maximum absolute atomic E-state index is 15.1. The van der Waals surface area contributed by atoms with Crippen LogP contribution in [-0.2, 0) is 6.61 Å². The first-order chi connectivity index (χ1) is 21.4. The molecular formula is C35H30F8O2. The van der Waals surface area contributed by atoms with Gasteiger partial charge in [-0.05, 0) is 102 Å². The molecule has 0 heterocycles. The van der Waals surface area contributed by atoms with Gasteiger partial charge in [-0.25, -0.2) is 22.0 Å². The summed E-state index contributed by atoms with van der Waals surface area (Å²) in [5, 5.41) is 0. The van der Waals surface area contributed by atoms with Crippen molar-refractivity contribution >= 4 is 0 Å². The summed E-state index contributed by atoms with van der Waals surface area (Å²) in [7, 11) is 0. The van der Waals surface area contributed by atoms with Crippen LogP contribution in [0.1, 0.15) is 62.5 Å². The third-order valence-corrected chi connectivity index (χ3v) is 8.18. The van der Waals surface area contributed by atoms with Crippen LogP contribution < -0.4 is 9.47 Å². The molecule has 0 aromatic heterocycles. The third-order valence-electron chi connectivity index (χ3n) is 8.18. The summed E-state index contributed by atoms with van der Waals surface area (Å²) in [6.07, 6.45) is 1.57. The molecule has 0 N–H and O–H groups in total. The monoisotopic (exact) mass is 634 g/mol. The molecule has 0 unspecified atom stereocenters. The van der Waals surface area contributed by atoms with E-state index in [0.29, 0.717) is 5.92 Å². The molecule has 1 fully saturated rings. The molecule has 5 rings (SSSR count). The van der Waals surface area contributed by atoms with Crippen LogP contribution in [0.2, 0.25) is 0 Å². The highest BCUT2D eigenvalue weighted by Gasteiger charge is 2.31. The van der Waals surface area contributed by atoms with E-state index in [9.17, 15) is 30.7 Å². The first kappa shape index (κ1) is 32.3. The molecule has 0 amide bonds. The van der Waals surface area contributed by atoms with E-state index in [1.54, 1.807) is 6.07 Å². The Kier molecular flexibility index (Phi) is 9.70. The lowest BCUT2D eigenvalue weighted by Crippen LogP contribution is -2.16. The smallest absolute Gasteiger partial charge is 0.483 e. The minimum atomic E-state index is -4.92. The van der Waals surface area contributed by atoms with Gasteiger partial charge in [0, 0.05) is 5.56 Å². The molecular weight excluding hydrogens is 604 g/mol. The molecule has 0 aliphatic heterocycles. The van der Waals surface area contributed by atoms with Crippen molar-refractivity contribution < 1.29 is 44.6 Å². The van der Waals surface area contributed by atoms with E-state index in [4.69, 9.17) is 4.74 Å². The van der Waals surface area contributed by atoms with E-state index < -0.39 is 59.1 Å². The predicted octanol–water partition coefficient (Wildman–Crippen LogP) is 11.3. The van der Waals surface area contributed by atoms with Crippen LogP contribution in [-0.4, -0.2) is 6.36 Å². The molecule has 0 spiro atoms. The van der Waals surface area contributed by atoms with Crippen LogP contribution in [0.3, 0.4) is 0 Å². The van der Waals surface area contributed by atoms with Crippen LogP contribution in [0, 0.1) is 35.0 Å². The molecule has 45 heavy (non-hydrogen) atoms. The zero-order valence-corrected chi connectivity index (χ0v) is 24.3. The van der Waals surface area contributed by atoms with Gasteiger partial charge in [0.1, 0.15) is 29.8 Å². The van der Waals surface area contributed by atoms with Crippen LogP contribution in [0.4, 0.5) is 35.1 Å². The summed E-state index contributed by atoms with van der Waals surface area (Å²) in [5.74, 6) is -5.39. The summed E-state index contributed by atoms with van der Waals surface area (Å²) in [6.45, 7) is 1.56. The van der Waals surface area contributed by atoms with Gasteiger partial charge in [-0.15, -0.1) is 13.2 Å². The number of hydrogen-bond donors (Lipinski definition) is 0. The number of alkyl halides is 3. The second kappa shape index (κ2) is 13.5. The summed E-state index contributed by atoms with van der Waals surface area (Å²) in [5.41, 5.74) is 0.196. The fraction of sp³-hybridized carbons (Fsp3) is 0.314. The Morgan fingerprint density at radius 3 is 1.87 bits per heavy atom. The second-order valence-electron chi connectivity index (χ2n) is 11.3. The normalized spacial score (nSPS) is 16.9. The molecule has 4 aromatic carbocycles. The Morgan fingerprint density at radius 2 is 1.31 bits per heavy atom. The highest BCUT2D eigenvalue weighted by atomic mass is 19.4. The lowest BCUT2D eigenvalue weighted by Gasteiger charge is -2.28. The van der Waals surface area contributed by atoms with Crippen LogP contribution in [0.25, 0.3) is 22.3 Å². The lowest BCUT2D eigenvalue weighted by atomic mass is 9.77.